The number of fused-ring (bicyclic) bond motifs is 3. The van der Waals surface area contributed by atoms with Gasteiger partial charge in [0, 0.05) is 0 Å². The minimum absolute atomic E-state index is 0. The fourth-order valence-electron chi connectivity index (χ4n) is 1.89. The monoisotopic (exact) mass is 184 g/mol. The van der Waals surface area contributed by atoms with E-state index < -0.39 is 0 Å². The molecule has 0 unspecified atom stereocenters. The summed E-state index contributed by atoms with van der Waals surface area (Å²) >= 11 is 0. The SMILES string of the molecule is [Li+].[c-]1ccc2c(c1)ccc1ccccc12. The topological polar surface area (TPSA) is 0 Å². The average Bonchev–Trinajstić information content (AvgIpc) is 2.29. The van der Waals surface area contributed by atoms with Crippen molar-refractivity contribution < 1.29 is 18.9 Å². The van der Waals surface area contributed by atoms with Gasteiger partial charge >= 0.3 is 18.9 Å². The molecule has 0 saturated heterocycles. The van der Waals surface area contributed by atoms with Crippen molar-refractivity contribution >= 4 is 21.5 Å². The van der Waals surface area contributed by atoms with Gasteiger partial charge in [-0.25, -0.2) is 0 Å². The second-order valence-corrected chi connectivity index (χ2v) is 3.43. The van der Waals surface area contributed by atoms with Crippen LogP contribution in [0.2, 0.25) is 0 Å². The van der Waals surface area contributed by atoms with Crippen molar-refractivity contribution in [3.8, 4) is 0 Å². The molecule has 3 aromatic rings. The Labute approximate surface area is 101 Å². The third-order valence-corrected chi connectivity index (χ3v) is 2.59. The van der Waals surface area contributed by atoms with Gasteiger partial charge in [0.25, 0.3) is 0 Å². The molecule has 3 aromatic carbocycles. The molecule has 0 bridgehead atoms. The zero-order valence-electron chi connectivity index (χ0n) is 8.70. The summed E-state index contributed by atoms with van der Waals surface area (Å²) in [6, 6.07) is 22.0. The van der Waals surface area contributed by atoms with E-state index in [-0.39, 0.29) is 18.9 Å². The van der Waals surface area contributed by atoms with E-state index in [1.54, 1.807) is 0 Å². The maximum absolute atomic E-state index is 3.10. The standard InChI is InChI=1S/C14H9.Li/c1-3-7-13-11(5-1)9-10-12-6-2-4-8-14(12)13;/h1,3-10H;/q-1;+1. The van der Waals surface area contributed by atoms with Crippen molar-refractivity contribution in [2.75, 3.05) is 0 Å². The maximum atomic E-state index is 3.10. The largest absolute Gasteiger partial charge is 1.00 e. The van der Waals surface area contributed by atoms with Gasteiger partial charge < -0.3 is 0 Å². The number of hydrogen-bond donors (Lipinski definition) is 0. The summed E-state index contributed by atoms with van der Waals surface area (Å²) in [6.45, 7) is 0. The van der Waals surface area contributed by atoms with Gasteiger partial charge in [-0.2, -0.15) is 24.3 Å². The molecule has 0 spiro atoms. The van der Waals surface area contributed by atoms with Gasteiger partial charge in [0.2, 0.25) is 0 Å². The summed E-state index contributed by atoms with van der Waals surface area (Å²) in [7, 11) is 0. The van der Waals surface area contributed by atoms with Crippen molar-refractivity contribution in [1.82, 2.24) is 0 Å². The molecule has 0 aliphatic rings. The Balaban J connectivity index is 0.000000853. The molecule has 0 atom stereocenters. The Morgan fingerprint density at radius 3 is 2.40 bits per heavy atom. The van der Waals surface area contributed by atoms with Gasteiger partial charge in [-0.1, -0.05) is 30.3 Å². The minimum atomic E-state index is 0. The first kappa shape index (κ1) is 10.3. The molecular formula is C14H9Li. The van der Waals surface area contributed by atoms with Crippen molar-refractivity contribution in [2.24, 2.45) is 0 Å². The van der Waals surface area contributed by atoms with Crippen molar-refractivity contribution in [1.29, 1.82) is 0 Å². The third kappa shape index (κ3) is 1.67. The predicted molar refractivity (Wildman–Crippen MR) is 60.3 cm³/mol. The van der Waals surface area contributed by atoms with E-state index in [0.717, 1.165) is 0 Å². The Hall–Kier alpha value is -1.22. The Morgan fingerprint density at radius 2 is 1.47 bits per heavy atom. The smallest absolute Gasteiger partial charge is 0.183 e. The quantitative estimate of drug-likeness (QED) is 0.275. The van der Waals surface area contributed by atoms with Crippen LogP contribution in [0.5, 0.6) is 0 Å². The van der Waals surface area contributed by atoms with Gasteiger partial charge in [0.15, 0.2) is 0 Å². The molecule has 0 N–H and O–H groups in total. The van der Waals surface area contributed by atoms with Crippen LogP contribution >= 0.6 is 0 Å². The first-order valence-electron chi connectivity index (χ1n) is 4.73. The summed E-state index contributed by atoms with van der Waals surface area (Å²) in [5.41, 5.74) is 0. The molecule has 0 heterocycles. The second-order valence-electron chi connectivity index (χ2n) is 3.43. The number of benzene rings is 3. The molecule has 66 valence electrons. The molecule has 0 saturated carbocycles. The van der Waals surface area contributed by atoms with Gasteiger partial charge in [-0.05, 0) is 10.8 Å². The van der Waals surface area contributed by atoms with E-state index in [9.17, 15) is 0 Å². The van der Waals surface area contributed by atoms with Gasteiger partial charge in [-0.3, -0.25) is 0 Å². The van der Waals surface area contributed by atoms with Crippen LogP contribution < -0.4 is 18.9 Å². The van der Waals surface area contributed by atoms with Crippen LogP contribution in [0.3, 0.4) is 0 Å². The first-order chi connectivity index (χ1) is 6.95. The van der Waals surface area contributed by atoms with Gasteiger partial charge in [0.05, 0.1) is 0 Å². The van der Waals surface area contributed by atoms with Crippen LogP contribution in [0.1, 0.15) is 0 Å². The van der Waals surface area contributed by atoms with E-state index in [1.807, 2.05) is 12.1 Å². The van der Waals surface area contributed by atoms with Crippen molar-refractivity contribution in [3.05, 3.63) is 60.7 Å². The van der Waals surface area contributed by atoms with E-state index in [2.05, 4.69) is 48.5 Å². The average molecular weight is 184 g/mol. The van der Waals surface area contributed by atoms with E-state index in [1.165, 1.54) is 21.5 Å². The number of hydrogen-bond acceptors (Lipinski definition) is 0. The van der Waals surface area contributed by atoms with Gasteiger partial charge in [0.1, 0.15) is 0 Å². The molecular weight excluding hydrogens is 175 g/mol. The third-order valence-electron chi connectivity index (χ3n) is 2.59. The molecule has 0 nitrogen and oxygen atoms in total. The summed E-state index contributed by atoms with van der Waals surface area (Å²) in [5.74, 6) is 0. The van der Waals surface area contributed by atoms with Crippen LogP contribution in [0, 0.1) is 6.07 Å². The Morgan fingerprint density at radius 1 is 0.733 bits per heavy atom. The normalized spacial score (nSPS) is 10.1. The van der Waals surface area contributed by atoms with E-state index in [4.69, 9.17) is 0 Å². The minimum Gasteiger partial charge on any atom is -0.183 e. The van der Waals surface area contributed by atoms with Crippen LogP contribution in [-0.2, 0) is 0 Å². The van der Waals surface area contributed by atoms with Crippen molar-refractivity contribution in [3.63, 3.8) is 0 Å². The molecule has 1 heteroatoms. The maximum Gasteiger partial charge on any atom is 1.00 e. The van der Waals surface area contributed by atoms with E-state index in [0.29, 0.717) is 0 Å². The molecule has 0 radical (unpaired) electrons. The fourth-order valence-corrected chi connectivity index (χ4v) is 1.89. The summed E-state index contributed by atoms with van der Waals surface area (Å²) in [4.78, 5) is 0. The van der Waals surface area contributed by atoms with Crippen molar-refractivity contribution in [2.45, 2.75) is 0 Å². The summed E-state index contributed by atoms with van der Waals surface area (Å²) in [6.07, 6.45) is 0. The second kappa shape index (κ2) is 4.11. The molecule has 0 aliphatic heterocycles. The Bertz CT molecular complexity index is 544. The molecule has 0 aromatic heterocycles. The molecule has 0 amide bonds. The van der Waals surface area contributed by atoms with Gasteiger partial charge in [-0.15, -0.1) is 16.8 Å². The van der Waals surface area contributed by atoms with Crippen LogP contribution in [0.4, 0.5) is 0 Å². The molecule has 0 fully saturated rings. The van der Waals surface area contributed by atoms with Crippen LogP contribution in [0.15, 0.2) is 54.6 Å². The Kier molecular flexibility index (Phi) is 2.82. The van der Waals surface area contributed by atoms with Crippen LogP contribution in [0.25, 0.3) is 21.5 Å². The first-order valence-corrected chi connectivity index (χ1v) is 4.73. The number of rotatable bonds is 0. The molecule has 3 rings (SSSR count). The fraction of sp³-hybridized carbons (Fsp3) is 0. The van der Waals surface area contributed by atoms with E-state index >= 15 is 0 Å². The predicted octanol–water partition coefficient (Wildman–Crippen LogP) is 0.797. The zero-order valence-corrected chi connectivity index (χ0v) is 8.70. The molecule has 0 aliphatic carbocycles. The summed E-state index contributed by atoms with van der Waals surface area (Å²) in [5, 5.41) is 5.18. The van der Waals surface area contributed by atoms with Crippen LogP contribution in [-0.4, -0.2) is 0 Å². The zero-order chi connectivity index (χ0) is 9.38. The summed E-state index contributed by atoms with van der Waals surface area (Å²) < 4.78 is 0. The molecule has 15 heavy (non-hydrogen) atoms.